The monoisotopic (exact) mass is 226 g/mol. The fourth-order valence-corrected chi connectivity index (χ4v) is 3.09. The van der Waals surface area contributed by atoms with Gasteiger partial charge in [-0.2, -0.15) is 0 Å². The summed E-state index contributed by atoms with van der Waals surface area (Å²) in [6.45, 7) is 1.85. The van der Waals surface area contributed by atoms with Crippen LogP contribution in [0.1, 0.15) is 32.6 Å². The van der Waals surface area contributed by atoms with E-state index in [0.29, 0.717) is 31.3 Å². The van der Waals surface area contributed by atoms with Crippen LogP contribution in [0.3, 0.4) is 0 Å². The van der Waals surface area contributed by atoms with E-state index in [1.807, 2.05) is 6.92 Å². The molecule has 0 spiro atoms. The quantitative estimate of drug-likeness (QED) is 0.648. The van der Waals surface area contributed by atoms with Gasteiger partial charge in [0.05, 0.1) is 18.8 Å². The summed E-state index contributed by atoms with van der Waals surface area (Å²) in [6, 6.07) is 0. The van der Waals surface area contributed by atoms with Gasteiger partial charge in [0.1, 0.15) is 5.60 Å². The molecule has 0 heterocycles. The van der Waals surface area contributed by atoms with Crippen molar-refractivity contribution in [1.29, 1.82) is 0 Å². The zero-order chi connectivity index (χ0) is 12.0. The summed E-state index contributed by atoms with van der Waals surface area (Å²) >= 11 is 0. The Balaban J connectivity index is 2.43. The normalized spacial score (nSPS) is 42.5. The number of carbonyl (C=O) groups excluding carboxylic acids is 1. The summed E-state index contributed by atoms with van der Waals surface area (Å²) in [5.74, 6) is -0.484. The van der Waals surface area contributed by atoms with E-state index in [4.69, 9.17) is 4.74 Å². The van der Waals surface area contributed by atoms with Gasteiger partial charge in [-0.3, -0.25) is 0 Å². The minimum absolute atomic E-state index is 0.320. The lowest BCUT2D eigenvalue weighted by Gasteiger charge is -2.44. The zero-order valence-electron chi connectivity index (χ0n) is 9.69. The molecule has 0 unspecified atom stereocenters. The van der Waals surface area contributed by atoms with Crippen LogP contribution in [0.15, 0.2) is 11.6 Å². The van der Waals surface area contributed by atoms with Gasteiger partial charge in [0, 0.05) is 5.41 Å². The first-order valence-corrected chi connectivity index (χ1v) is 5.65. The fraction of sp³-hybridized carbons (Fsp3) is 0.750. The Hall–Kier alpha value is -0.870. The van der Waals surface area contributed by atoms with Crippen molar-refractivity contribution >= 4 is 5.97 Å². The highest BCUT2D eigenvalue weighted by molar-refractivity contribution is 5.91. The molecule has 0 aliphatic heterocycles. The van der Waals surface area contributed by atoms with E-state index in [9.17, 15) is 15.0 Å². The maximum atomic E-state index is 11.6. The van der Waals surface area contributed by atoms with Gasteiger partial charge in [-0.1, -0.05) is 13.0 Å². The Morgan fingerprint density at radius 3 is 2.88 bits per heavy atom. The molecule has 1 saturated carbocycles. The van der Waals surface area contributed by atoms with Crippen LogP contribution >= 0.6 is 0 Å². The highest BCUT2D eigenvalue weighted by atomic mass is 16.5. The number of ether oxygens (including phenoxy) is 1. The molecule has 2 aliphatic carbocycles. The second kappa shape index (κ2) is 3.57. The van der Waals surface area contributed by atoms with E-state index in [1.165, 1.54) is 7.11 Å². The highest BCUT2D eigenvalue weighted by Crippen LogP contribution is 2.55. The lowest BCUT2D eigenvalue weighted by Crippen LogP contribution is -2.51. The molecule has 1 fully saturated rings. The fourth-order valence-electron chi connectivity index (χ4n) is 3.09. The number of allylic oxidation sites excluding steroid dienone is 1. The maximum absolute atomic E-state index is 11.6. The average molecular weight is 226 g/mol. The van der Waals surface area contributed by atoms with Gasteiger partial charge in [-0.15, -0.1) is 0 Å². The second-order valence-electron chi connectivity index (χ2n) is 4.98. The maximum Gasteiger partial charge on any atom is 0.336 e. The van der Waals surface area contributed by atoms with Gasteiger partial charge in [-0.25, -0.2) is 4.79 Å². The molecule has 0 saturated heterocycles. The first-order chi connectivity index (χ1) is 7.45. The molecule has 90 valence electrons. The Morgan fingerprint density at radius 2 is 2.25 bits per heavy atom. The average Bonchev–Trinajstić information content (AvgIpc) is 2.51. The lowest BCUT2D eigenvalue weighted by molar-refractivity contribution is -0.143. The molecule has 2 N–H and O–H groups in total. The van der Waals surface area contributed by atoms with Crippen molar-refractivity contribution in [2.75, 3.05) is 7.11 Å². The largest absolute Gasteiger partial charge is 0.466 e. The molecule has 3 atom stereocenters. The first-order valence-electron chi connectivity index (χ1n) is 5.65. The summed E-state index contributed by atoms with van der Waals surface area (Å²) in [4.78, 5) is 11.6. The summed E-state index contributed by atoms with van der Waals surface area (Å²) in [5.41, 5.74) is -1.52. The van der Waals surface area contributed by atoms with Crippen LogP contribution in [-0.2, 0) is 9.53 Å². The SMILES string of the molecule is COC(=O)C1=CCC[C@]2(C)[C@H](O)CC[C@]12O. The molecule has 0 amide bonds. The first kappa shape index (κ1) is 11.6. The number of hydrogen-bond acceptors (Lipinski definition) is 4. The number of esters is 1. The van der Waals surface area contributed by atoms with Crippen LogP contribution < -0.4 is 0 Å². The minimum atomic E-state index is -1.22. The number of rotatable bonds is 1. The van der Waals surface area contributed by atoms with Crippen LogP contribution in [-0.4, -0.2) is 35.0 Å². The van der Waals surface area contributed by atoms with Crippen molar-refractivity contribution < 1.29 is 19.7 Å². The Bertz CT molecular complexity index is 349. The molecular formula is C12H18O4. The van der Waals surface area contributed by atoms with Crippen LogP contribution in [0.4, 0.5) is 0 Å². The van der Waals surface area contributed by atoms with Gasteiger partial charge < -0.3 is 14.9 Å². The number of methoxy groups -OCH3 is 1. The highest BCUT2D eigenvalue weighted by Gasteiger charge is 2.60. The molecular weight excluding hydrogens is 208 g/mol. The van der Waals surface area contributed by atoms with Crippen LogP contribution in [0.25, 0.3) is 0 Å². The van der Waals surface area contributed by atoms with Crippen molar-refractivity contribution in [1.82, 2.24) is 0 Å². The molecule has 0 aromatic rings. The second-order valence-corrected chi connectivity index (χ2v) is 4.98. The molecule has 4 heteroatoms. The molecule has 0 aromatic heterocycles. The van der Waals surface area contributed by atoms with Crippen LogP contribution in [0.2, 0.25) is 0 Å². The van der Waals surface area contributed by atoms with E-state index < -0.39 is 23.1 Å². The summed E-state index contributed by atoms with van der Waals surface area (Å²) in [6.07, 6.45) is 3.54. The third kappa shape index (κ3) is 1.26. The van der Waals surface area contributed by atoms with Gasteiger partial charge in [0.15, 0.2) is 0 Å². The Labute approximate surface area is 94.9 Å². The predicted molar refractivity (Wildman–Crippen MR) is 57.6 cm³/mol. The van der Waals surface area contributed by atoms with E-state index >= 15 is 0 Å². The van der Waals surface area contributed by atoms with Gasteiger partial charge >= 0.3 is 5.97 Å². The van der Waals surface area contributed by atoms with E-state index in [-0.39, 0.29) is 0 Å². The van der Waals surface area contributed by atoms with Crippen LogP contribution in [0.5, 0.6) is 0 Å². The lowest BCUT2D eigenvalue weighted by atomic mass is 9.65. The topological polar surface area (TPSA) is 66.8 Å². The molecule has 2 rings (SSSR count). The number of fused-ring (bicyclic) bond motifs is 1. The number of aliphatic hydroxyl groups is 2. The zero-order valence-corrected chi connectivity index (χ0v) is 9.69. The van der Waals surface area contributed by atoms with Crippen LogP contribution in [0, 0.1) is 5.41 Å². The smallest absolute Gasteiger partial charge is 0.336 e. The predicted octanol–water partition coefficient (Wildman–Crippen LogP) is 0.772. The van der Waals surface area contributed by atoms with Crippen molar-refractivity contribution in [3.63, 3.8) is 0 Å². The Kier molecular flexibility index (Phi) is 2.59. The minimum Gasteiger partial charge on any atom is -0.466 e. The van der Waals surface area contributed by atoms with Crippen molar-refractivity contribution in [2.24, 2.45) is 5.41 Å². The third-order valence-electron chi connectivity index (χ3n) is 4.32. The van der Waals surface area contributed by atoms with Gasteiger partial charge in [-0.05, 0) is 25.7 Å². The standard InChI is InChI=1S/C12H18O4/c1-11-6-3-4-8(10(14)16-2)12(11,15)7-5-9(11)13/h4,9,13,15H,3,5-7H2,1-2H3/t9-,11-,12+/m1/s1. The van der Waals surface area contributed by atoms with E-state index in [2.05, 4.69) is 0 Å². The van der Waals surface area contributed by atoms with Gasteiger partial charge in [0.25, 0.3) is 0 Å². The van der Waals surface area contributed by atoms with Gasteiger partial charge in [0.2, 0.25) is 0 Å². The van der Waals surface area contributed by atoms with E-state index in [1.54, 1.807) is 6.08 Å². The molecule has 4 nitrogen and oxygen atoms in total. The summed E-state index contributed by atoms with van der Waals surface area (Å²) < 4.78 is 4.69. The third-order valence-corrected chi connectivity index (χ3v) is 4.32. The summed E-state index contributed by atoms with van der Waals surface area (Å²) in [7, 11) is 1.31. The molecule has 16 heavy (non-hydrogen) atoms. The van der Waals surface area contributed by atoms with Crippen molar-refractivity contribution in [2.45, 2.75) is 44.3 Å². The number of aliphatic hydroxyl groups excluding tert-OH is 1. The molecule has 0 aromatic carbocycles. The van der Waals surface area contributed by atoms with Crippen molar-refractivity contribution in [3.8, 4) is 0 Å². The summed E-state index contributed by atoms with van der Waals surface area (Å²) in [5, 5.41) is 20.7. The number of hydrogen-bond donors (Lipinski definition) is 2. The number of carbonyl (C=O) groups is 1. The molecule has 0 bridgehead atoms. The van der Waals surface area contributed by atoms with Crippen molar-refractivity contribution in [3.05, 3.63) is 11.6 Å². The molecule has 2 aliphatic rings. The van der Waals surface area contributed by atoms with E-state index in [0.717, 1.165) is 0 Å². The molecule has 0 radical (unpaired) electrons. The Morgan fingerprint density at radius 1 is 1.56 bits per heavy atom.